The van der Waals surface area contributed by atoms with Crippen LogP contribution in [0.4, 0.5) is 4.79 Å². The van der Waals surface area contributed by atoms with Crippen LogP contribution in [0.1, 0.15) is 36.3 Å². The summed E-state index contributed by atoms with van der Waals surface area (Å²) in [5.74, 6) is -2.15. The second-order valence-electron chi connectivity index (χ2n) is 8.67. The van der Waals surface area contributed by atoms with Crippen LogP contribution in [0.25, 0.3) is 11.1 Å². The summed E-state index contributed by atoms with van der Waals surface area (Å²) in [6.07, 6.45) is 1.41. The fourth-order valence-corrected chi connectivity index (χ4v) is 4.56. The molecule has 2 aromatic carbocycles. The molecule has 0 bridgehead atoms. The van der Waals surface area contributed by atoms with Gasteiger partial charge in [-0.2, -0.15) is 0 Å². The summed E-state index contributed by atoms with van der Waals surface area (Å²) in [4.78, 5) is 47.3. The van der Waals surface area contributed by atoms with Gasteiger partial charge < -0.3 is 25.8 Å². The van der Waals surface area contributed by atoms with Crippen LogP contribution in [-0.4, -0.2) is 55.2 Å². The third-order valence-corrected chi connectivity index (χ3v) is 6.55. The first-order chi connectivity index (χ1) is 16.4. The van der Waals surface area contributed by atoms with Crippen molar-refractivity contribution in [2.45, 2.75) is 25.2 Å². The molecule has 0 atom stereocenters. The number of carbonyl (C=O) groups excluding carboxylic acids is 3. The Morgan fingerprint density at radius 1 is 0.882 bits per heavy atom. The SMILES string of the molecule is O=C(O)CNC(=O)CNC(=O)C1(CNC(=O)OCC2c3ccccc3-c3ccccc32)CCC1. The van der Waals surface area contributed by atoms with E-state index in [0.717, 1.165) is 28.7 Å². The molecular formula is C25H27N3O6. The molecule has 0 unspecified atom stereocenters. The number of aliphatic carboxylic acids is 1. The van der Waals surface area contributed by atoms with Gasteiger partial charge in [-0.1, -0.05) is 55.0 Å². The lowest BCUT2D eigenvalue weighted by atomic mass is 9.68. The van der Waals surface area contributed by atoms with E-state index in [-0.39, 0.29) is 31.5 Å². The van der Waals surface area contributed by atoms with E-state index in [2.05, 4.69) is 28.1 Å². The van der Waals surface area contributed by atoms with E-state index in [0.29, 0.717) is 12.8 Å². The average molecular weight is 466 g/mol. The number of hydrogen-bond acceptors (Lipinski definition) is 5. The van der Waals surface area contributed by atoms with Gasteiger partial charge in [0.25, 0.3) is 0 Å². The number of amides is 3. The van der Waals surface area contributed by atoms with E-state index in [1.54, 1.807) is 0 Å². The number of nitrogens with one attached hydrogen (secondary N) is 3. The number of carbonyl (C=O) groups is 4. The van der Waals surface area contributed by atoms with E-state index < -0.39 is 29.9 Å². The first-order valence-corrected chi connectivity index (χ1v) is 11.3. The molecule has 9 nitrogen and oxygen atoms in total. The third kappa shape index (κ3) is 4.88. The highest BCUT2D eigenvalue weighted by atomic mass is 16.5. The van der Waals surface area contributed by atoms with Crippen LogP contribution >= 0.6 is 0 Å². The Morgan fingerprint density at radius 3 is 2.06 bits per heavy atom. The van der Waals surface area contributed by atoms with Crippen molar-refractivity contribution < 1.29 is 29.0 Å². The number of ether oxygens (including phenoxy) is 1. The van der Waals surface area contributed by atoms with Gasteiger partial charge in [-0.25, -0.2) is 4.79 Å². The fourth-order valence-electron chi connectivity index (χ4n) is 4.56. The van der Waals surface area contributed by atoms with Crippen LogP contribution in [0.3, 0.4) is 0 Å². The highest BCUT2D eigenvalue weighted by Crippen LogP contribution is 2.44. The molecule has 9 heteroatoms. The molecule has 0 saturated heterocycles. The van der Waals surface area contributed by atoms with Crippen LogP contribution in [-0.2, 0) is 19.1 Å². The zero-order valence-corrected chi connectivity index (χ0v) is 18.6. The van der Waals surface area contributed by atoms with Crippen LogP contribution in [0.2, 0.25) is 0 Å². The predicted octanol–water partition coefficient (Wildman–Crippen LogP) is 2.01. The normalized spacial score (nSPS) is 15.3. The summed E-state index contributed by atoms with van der Waals surface area (Å²) < 4.78 is 5.53. The van der Waals surface area contributed by atoms with Crippen molar-refractivity contribution in [2.24, 2.45) is 5.41 Å². The highest BCUT2D eigenvalue weighted by Gasteiger charge is 2.44. The van der Waals surface area contributed by atoms with Gasteiger partial charge in [0, 0.05) is 12.5 Å². The number of benzene rings is 2. The summed E-state index contributed by atoms with van der Waals surface area (Å²) in [5, 5.41) is 16.0. The molecule has 2 aromatic rings. The van der Waals surface area contributed by atoms with Gasteiger partial charge in [-0.3, -0.25) is 14.4 Å². The molecule has 0 radical (unpaired) electrons. The fraction of sp³-hybridized carbons (Fsp3) is 0.360. The highest BCUT2D eigenvalue weighted by molar-refractivity contribution is 5.90. The summed E-state index contributed by atoms with van der Waals surface area (Å²) >= 11 is 0. The number of carboxylic acid groups (broad SMARTS) is 1. The summed E-state index contributed by atoms with van der Waals surface area (Å²) in [5.41, 5.74) is 3.73. The predicted molar refractivity (Wildman–Crippen MR) is 123 cm³/mol. The zero-order chi connectivity index (χ0) is 24.1. The first kappa shape index (κ1) is 23.3. The van der Waals surface area contributed by atoms with Crippen molar-refractivity contribution in [1.82, 2.24) is 16.0 Å². The number of fused-ring (bicyclic) bond motifs is 3. The topological polar surface area (TPSA) is 134 Å². The Hall–Kier alpha value is -3.88. The standard InChI is InChI=1S/C25H27N3O6/c29-21(26-13-22(30)31)12-27-23(32)25(10-5-11-25)15-28-24(33)34-14-20-18-8-3-1-6-16(18)17-7-2-4-9-19(17)20/h1-4,6-9,20H,5,10-15H2,(H,26,29)(H,27,32)(H,28,33)(H,30,31). The third-order valence-electron chi connectivity index (χ3n) is 6.55. The molecular weight excluding hydrogens is 438 g/mol. The average Bonchev–Trinajstić information content (AvgIpc) is 3.13. The van der Waals surface area contributed by atoms with Crippen LogP contribution < -0.4 is 16.0 Å². The maximum Gasteiger partial charge on any atom is 0.407 e. The molecule has 4 rings (SSSR count). The molecule has 0 heterocycles. The monoisotopic (exact) mass is 465 g/mol. The molecule has 178 valence electrons. The second kappa shape index (κ2) is 9.94. The number of hydrogen-bond donors (Lipinski definition) is 4. The second-order valence-corrected chi connectivity index (χ2v) is 8.67. The van der Waals surface area contributed by atoms with Crippen molar-refractivity contribution in [2.75, 3.05) is 26.2 Å². The van der Waals surface area contributed by atoms with Crippen molar-refractivity contribution in [1.29, 1.82) is 0 Å². The van der Waals surface area contributed by atoms with Crippen molar-refractivity contribution in [3.63, 3.8) is 0 Å². The minimum Gasteiger partial charge on any atom is -0.480 e. The lowest BCUT2D eigenvalue weighted by Crippen LogP contribution is -2.54. The number of rotatable bonds is 9. The number of carboxylic acids is 1. The molecule has 0 spiro atoms. The zero-order valence-electron chi connectivity index (χ0n) is 18.6. The van der Waals surface area contributed by atoms with E-state index in [1.807, 2.05) is 36.4 Å². The molecule has 1 fully saturated rings. The summed E-state index contributed by atoms with van der Waals surface area (Å²) in [6.45, 7) is -0.545. The van der Waals surface area contributed by atoms with E-state index in [4.69, 9.17) is 9.84 Å². The smallest absolute Gasteiger partial charge is 0.407 e. The van der Waals surface area contributed by atoms with E-state index >= 15 is 0 Å². The Balaban J connectivity index is 1.28. The van der Waals surface area contributed by atoms with E-state index in [9.17, 15) is 19.2 Å². The van der Waals surface area contributed by atoms with Gasteiger partial charge in [-0.15, -0.1) is 0 Å². The molecule has 0 aliphatic heterocycles. The van der Waals surface area contributed by atoms with Crippen LogP contribution in [0.5, 0.6) is 0 Å². The Bertz CT molecular complexity index is 1070. The molecule has 0 aromatic heterocycles. The molecule has 2 aliphatic carbocycles. The quantitative estimate of drug-likeness (QED) is 0.448. The van der Waals surface area contributed by atoms with Crippen molar-refractivity contribution in [3.05, 3.63) is 59.7 Å². The molecule has 1 saturated carbocycles. The molecule has 3 amide bonds. The summed E-state index contributed by atoms with van der Waals surface area (Å²) in [6, 6.07) is 16.1. The Kier molecular flexibility index (Phi) is 6.81. The molecule has 34 heavy (non-hydrogen) atoms. The first-order valence-electron chi connectivity index (χ1n) is 11.3. The lowest BCUT2D eigenvalue weighted by Gasteiger charge is -2.40. The van der Waals surface area contributed by atoms with Gasteiger partial charge >= 0.3 is 12.1 Å². The van der Waals surface area contributed by atoms with Gasteiger partial charge in [-0.05, 0) is 35.1 Å². The maximum atomic E-state index is 12.6. The molecule has 2 aliphatic rings. The van der Waals surface area contributed by atoms with Gasteiger partial charge in [0.2, 0.25) is 11.8 Å². The van der Waals surface area contributed by atoms with Gasteiger partial charge in [0.1, 0.15) is 13.2 Å². The van der Waals surface area contributed by atoms with Crippen LogP contribution in [0, 0.1) is 5.41 Å². The Morgan fingerprint density at radius 2 is 1.50 bits per heavy atom. The van der Waals surface area contributed by atoms with Crippen molar-refractivity contribution in [3.8, 4) is 11.1 Å². The minimum absolute atomic E-state index is 0.0524. The Labute approximate surface area is 196 Å². The minimum atomic E-state index is -1.16. The summed E-state index contributed by atoms with van der Waals surface area (Å²) in [7, 11) is 0. The van der Waals surface area contributed by atoms with Crippen molar-refractivity contribution >= 4 is 23.9 Å². The largest absolute Gasteiger partial charge is 0.480 e. The lowest BCUT2D eigenvalue weighted by molar-refractivity contribution is -0.138. The van der Waals surface area contributed by atoms with Gasteiger partial charge in [0.15, 0.2) is 0 Å². The van der Waals surface area contributed by atoms with Gasteiger partial charge in [0.05, 0.1) is 12.0 Å². The van der Waals surface area contributed by atoms with E-state index in [1.165, 1.54) is 0 Å². The maximum absolute atomic E-state index is 12.6. The number of alkyl carbamates (subject to hydrolysis) is 1. The van der Waals surface area contributed by atoms with Crippen LogP contribution in [0.15, 0.2) is 48.5 Å². The molecule has 4 N–H and O–H groups in total.